The minimum Gasteiger partial charge on any atom is -0.480 e. The molecule has 0 saturated heterocycles. The van der Waals surface area contributed by atoms with Gasteiger partial charge in [0, 0.05) is 37.7 Å². The van der Waals surface area contributed by atoms with E-state index >= 15 is 0 Å². The average molecular weight is 467 g/mol. The molecule has 35 heavy (non-hydrogen) atoms. The van der Waals surface area contributed by atoms with Crippen molar-refractivity contribution >= 4 is 11.8 Å². The molecule has 0 radical (unpaired) electrons. The van der Waals surface area contributed by atoms with Crippen LogP contribution in [0.5, 0.6) is 0 Å². The molecule has 0 bridgehead atoms. The Balaban J connectivity index is 1.24. The largest absolute Gasteiger partial charge is 0.480 e. The number of anilines is 1. The van der Waals surface area contributed by atoms with E-state index < -0.39 is 12.0 Å². The predicted molar refractivity (Wildman–Crippen MR) is 138 cm³/mol. The van der Waals surface area contributed by atoms with Crippen molar-refractivity contribution in [2.75, 3.05) is 11.9 Å². The molecule has 1 unspecified atom stereocenters. The van der Waals surface area contributed by atoms with Crippen LogP contribution < -0.4 is 5.32 Å². The fourth-order valence-electron chi connectivity index (χ4n) is 4.76. The molecule has 2 N–H and O–H groups in total. The van der Waals surface area contributed by atoms with Crippen LogP contribution in [0.15, 0.2) is 84.7 Å². The molecule has 1 aliphatic carbocycles. The number of rotatable bonds is 8. The Hall–Kier alpha value is -3.77. The Morgan fingerprint density at radius 1 is 1.06 bits per heavy atom. The van der Waals surface area contributed by atoms with E-state index in [-0.39, 0.29) is 0 Å². The molecule has 2 aromatic carbocycles. The Bertz CT molecular complexity index is 1250. The van der Waals surface area contributed by atoms with Gasteiger partial charge in [0.25, 0.3) is 0 Å². The van der Waals surface area contributed by atoms with Crippen molar-refractivity contribution in [2.24, 2.45) is 0 Å². The third kappa shape index (κ3) is 5.84. The summed E-state index contributed by atoms with van der Waals surface area (Å²) in [7, 11) is 0. The number of benzene rings is 2. The normalized spacial score (nSPS) is 16.3. The fourth-order valence-corrected chi connectivity index (χ4v) is 4.76. The molecular formula is C29H30N4O2. The van der Waals surface area contributed by atoms with E-state index in [1.165, 1.54) is 23.0 Å². The molecule has 0 fully saturated rings. The maximum atomic E-state index is 11.8. The number of hydrogen-bond acceptors (Lipinski definition) is 5. The van der Waals surface area contributed by atoms with E-state index in [1.807, 2.05) is 12.1 Å². The number of nitrogens with one attached hydrogen (secondary N) is 1. The van der Waals surface area contributed by atoms with Gasteiger partial charge in [-0.2, -0.15) is 0 Å². The fraction of sp³-hybridized carbons (Fsp3) is 0.276. The van der Waals surface area contributed by atoms with Crippen LogP contribution in [0.1, 0.15) is 36.0 Å². The van der Waals surface area contributed by atoms with Crippen LogP contribution in [-0.4, -0.2) is 38.5 Å². The Labute approximate surface area is 206 Å². The predicted octanol–water partition coefficient (Wildman–Crippen LogP) is 5.23. The lowest BCUT2D eigenvalue weighted by molar-refractivity contribution is -0.137. The summed E-state index contributed by atoms with van der Waals surface area (Å²) in [4.78, 5) is 23.0. The first-order valence-corrected chi connectivity index (χ1v) is 12.2. The van der Waals surface area contributed by atoms with Crippen LogP contribution in [-0.2, 0) is 24.3 Å². The summed E-state index contributed by atoms with van der Waals surface area (Å²) in [6.07, 6.45) is 11.2. The van der Waals surface area contributed by atoms with Gasteiger partial charge in [0.15, 0.2) is 0 Å². The summed E-state index contributed by atoms with van der Waals surface area (Å²) in [5.74, 6) is -0.381. The lowest BCUT2D eigenvalue weighted by atomic mass is 9.99. The molecule has 0 saturated carbocycles. The van der Waals surface area contributed by atoms with Gasteiger partial charge in [0.2, 0.25) is 0 Å². The summed E-state index contributed by atoms with van der Waals surface area (Å²) < 4.78 is 0. The van der Waals surface area contributed by atoms with Crippen molar-refractivity contribution in [2.45, 2.75) is 44.8 Å². The Morgan fingerprint density at radius 2 is 1.89 bits per heavy atom. The second kappa shape index (κ2) is 10.7. The van der Waals surface area contributed by atoms with Crippen LogP contribution in [0.25, 0.3) is 11.3 Å². The number of carbonyl (C=O) groups is 1. The minimum absolute atomic E-state index is 0.418. The lowest BCUT2D eigenvalue weighted by Crippen LogP contribution is -2.30. The number of aliphatic carboxylic acids is 1. The molecule has 2 aliphatic rings. The average Bonchev–Trinajstić information content (AvgIpc) is 2.89. The molecular weight excluding hydrogens is 436 g/mol. The van der Waals surface area contributed by atoms with Crippen molar-refractivity contribution in [1.82, 2.24) is 14.9 Å². The number of nitrogens with zero attached hydrogens (tertiary/aromatic N) is 3. The molecule has 1 atom stereocenters. The summed E-state index contributed by atoms with van der Waals surface area (Å²) in [6.45, 7) is 2.96. The van der Waals surface area contributed by atoms with E-state index in [4.69, 9.17) is 0 Å². The monoisotopic (exact) mass is 466 g/mol. The minimum atomic E-state index is -0.894. The number of allylic oxidation sites excluding steroid dienone is 3. The van der Waals surface area contributed by atoms with E-state index in [0.717, 1.165) is 55.7 Å². The molecule has 6 heteroatoms. The molecule has 1 aliphatic heterocycles. The Morgan fingerprint density at radius 3 is 2.66 bits per heavy atom. The standard InChI is InChI=1S/C29H30N4O2/c34-29(35)27(16-21-6-2-1-3-7-21)32-28-17-26(30-20-31-28)24-12-10-22(11-13-24)18-33-15-14-23-8-4-5-9-25(23)19-33/h2,4-13,17,20,27H,1,3,14-16,18-19H2,(H,34,35)(H,30,31,32). The van der Waals surface area contributed by atoms with Crippen molar-refractivity contribution in [1.29, 1.82) is 0 Å². The number of carboxylic acid groups (broad SMARTS) is 1. The van der Waals surface area contributed by atoms with Crippen LogP contribution in [0.4, 0.5) is 5.82 Å². The third-order valence-corrected chi connectivity index (χ3v) is 6.66. The molecule has 0 amide bonds. The molecule has 178 valence electrons. The van der Waals surface area contributed by atoms with Crippen molar-refractivity contribution < 1.29 is 9.90 Å². The Kier molecular flexibility index (Phi) is 7.00. The topological polar surface area (TPSA) is 78.4 Å². The summed E-state index contributed by atoms with van der Waals surface area (Å²) in [5, 5.41) is 12.8. The van der Waals surface area contributed by atoms with Gasteiger partial charge in [-0.3, -0.25) is 4.90 Å². The zero-order chi connectivity index (χ0) is 24.0. The van der Waals surface area contributed by atoms with E-state index in [9.17, 15) is 9.90 Å². The highest BCUT2D eigenvalue weighted by molar-refractivity contribution is 5.78. The number of hydrogen-bond donors (Lipinski definition) is 2. The first-order valence-electron chi connectivity index (χ1n) is 12.2. The van der Waals surface area contributed by atoms with E-state index in [0.29, 0.717) is 12.2 Å². The molecule has 6 nitrogen and oxygen atoms in total. The van der Waals surface area contributed by atoms with Gasteiger partial charge in [0.05, 0.1) is 5.69 Å². The number of aromatic nitrogens is 2. The molecule has 2 heterocycles. The highest BCUT2D eigenvalue weighted by Crippen LogP contribution is 2.24. The van der Waals surface area contributed by atoms with Crippen molar-refractivity contribution in [3.8, 4) is 11.3 Å². The first kappa shape index (κ1) is 23.0. The van der Waals surface area contributed by atoms with Crippen LogP contribution in [0.3, 0.4) is 0 Å². The van der Waals surface area contributed by atoms with Crippen LogP contribution in [0, 0.1) is 0 Å². The van der Waals surface area contributed by atoms with E-state index in [2.05, 4.69) is 80.9 Å². The molecule has 5 rings (SSSR count). The summed E-state index contributed by atoms with van der Waals surface area (Å²) in [6, 6.07) is 18.2. The van der Waals surface area contributed by atoms with Crippen LogP contribution >= 0.6 is 0 Å². The SMILES string of the molecule is O=C(O)C(CC1=CCCC=C1)Nc1cc(-c2ccc(CN3CCc4ccccc4C3)cc2)ncn1. The third-order valence-electron chi connectivity index (χ3n) is 6.66. The van der Waals surface area contributed by atoms with Crippen molar-refractivity contribution in [3.05, 3.63) is 101 Å². The van der Waals surface area contributed by atoms with Crippen LogP contribution in [0.2, 0.25) is 0 Å². The van der Waals surface area contributed by atoms with Crippen molar-refractivity contribution in [3.63, 3.8) is 0 Å². The van der Waals surface area contributed by atoms with Gasteiger partial charge in [-0.05, 0) is 41.5 Å². The maximum Gasteiger partial charge on any atom is 0.326 e. The second-order valence-corrected chi connectivity index (χ2v) is 9.21. The number of carboxylic acids is 1. The molecule has 3 aromatic rings. The summed E-state index contributed by atoms with van der Waals surface area (Å²) in [5.41, 5.74) is 6.93. The zero-order valence-corrected chi connectivity index (χ0v) is 19.7. The maximum absolute atomic E-state index is 11.8. The van der Waals surface area contributed by atoms with E-state index in [1.54, 1.807) is 0 Å². The van der Waals surface area contributed by atoms with Gasteiger partial charge in [-0.1, -0.05) is 66.8 Å². The van der Waals surface area contributed by atoms with Gasteiger partial charge in [0.1, 0.15) is 18.2 Å². The van der Waals surface area contributed by atoms with Gasteiger partial charge >= 0.3 is 5.97 Å². The summed E-state index contributed by atoms with van der Waals surface area (Å²) >= 11 is 0. The zero-order valence-electron chi connectivity index (χ0n) is 19.7. The van der Waals surface area contributed by atoms with Gasteiger partial charge in [-0.15, -0.1) is 0 Å². The highest BCUT2D eigenvalue weighted by atomic mass is 16.4. The quantitative estimate of drug-likeness (QED) is 0.473. The first-order chi connectivity index (χ1) is 17.1. The van der Waals surface area contributed by atoms with Gasteiger partial charge in [-0.25, -0.2) is 14.8 Å². The molecule has 1 aromatic heterocycles. The second-order valence-electron chi connectivity index (χ2n) is 9.21. The highest BCUT2D eigenvalue weighted by Gasteiger charge is 2.20. The smallest absolute Gasteiger partial charge is 0.326 e. The molecule has 0 spiro atoms. The number of fused-ring (bicyclic) bond motifs is 1. The van der Waals surface area contributed by atoms with Gasteiger partial charge < -0.3 is 10.4 Å². The lowest BCUT2D eigenvalue weighted by Gasteiger charge is -2.28.